The van der Waals surface area contributed by atoms with E-state index in [1.807, 2.05) is 18.2 Å². The van der Waals surface area contributed by atoms with E-state index in [0.717, 1.165) is 21.2 Å². The monoisotopic (exact) mass is 237 g/mol. The minimum absolute atomic E-state index is 0.114. The highest BCUT2D eigenvalue weighted by atomic mass is 32.1. The molecule has 2 heterocycles. The van der Waals surface area contributed by atoms with Crippen molar-refractivity contribution < 1.29 is 4.79 Å². The Bertz CT molecular complexity index is 814. The number of hydrogen-bond donors (Lipinski definition) is 0. The van der Waals surface area contributed by atoms with Gasteiger partial charge < -0.3 is 0 Å². The first kappa shape index (κ1) is 9.07. The van der Waals surface area contributed by atoms with Crippen LogP contribution in [0.3, 0.4) is 0 Å². The molecule has 4 rings (SSSR count). The Morgan fingerprint density at radius 2 is 1.88 bits per heavy atom. The minimum Gasteiger partial charge on any atom is -0.267 e. The minimum atomic E-state index is -0.114. The van der Waals surface area contributed by atoms with E-state index >= 15 is 0 Å². The first-order valence-electron chi connectivity index (χ1n) is 5.37. The highest BCUT2D eigenvalue weighted by Crippen LogP contribution is 2.37. The average molecular weight is 237 g/mol. The van der Waals surface area contributed by atoms with Crippen LogP contribution < -0.4 is 0 Å². The zero-order valence-electron chi connectivity index (χ0n) is 8.81. The van der Waals surface area contributed by atoms with Gasteiger partial charge in [0.2, 0.25) is 0 Å². The van der Waals surface area contributed by atoms with Gasteiger partial charge in [0.15, 0.2) is 0 Å². The van der Waals surface area contributed by atoms with E-state index in [4.69, 9.17) is 0 Å². The van der Waals surface area contributed by atoms with Gasteiger partial charge in [-0.25, -0.2) is 4.99 Å². The summed E-state index contributed by atoms with van der Waals surface area (Å²) in [5, 5.41) is 2.37. The molecule has 0 fully saturated rings. The number of thiophene rings is 1. The zero-order chi connectivity index (χ0) is 11.4. The van der Waals surface area contributed by atoms with Crippen molar-refractivity contribution in [2.45, 2.75) is 0 Å². The summed E-state index contributed by atoms with van der Waals surface area (Å²) in [7, 11) is 0. The van der Waals surface area contributed by atoms with Gasteiger partial charge in [-0.05, 0) is 6.07 Å². The molecule has 1 aliphatic rings. The van der Waals surface area contributed by atoms with Crippen LogP contribution in [-0.4, -0.2) is 12.1 Å². The van der Waals surface area contributed by atoms with Crippen LogP contribution in [-0.2, 0) is 0 Å². The molecule has 0 atom stereocenters. The second-order valence-corrected chi connectivity index (χ2v) is 5.12. The van der Waals surface area contributed by atoms with Gasteiger partial charge in [-0.1, -0.05) is 30.3 Å². The number of hydrogen-bond acceptors (Lipinski definition) is 2. The van der Waals surface area contributed by atoms with Crippen LogP contribution in [0.2, 0.25) is 0 Å². The van der Waals surface area contributed by atoms with Crippen LogP contribution in [0.4, 0.5) is 0 Å². The van der Waals surface area contributed by atoms with Gasteiger partial charge in [-0.2, -0.15) is 0 Å². The van der Waals surface area contributed by atoms with Gasteiger partial charge in [0, 0.05) is 32.0 Å². The van der Waals surface area contributed by atoms with Gasteiger partial charge in [0.1, 0.15) is 0 Å². The lowest BCUT2D eigenvalue weighted by Crippen LogP contribution is -1.91. The second-order valence-electron chi connectivity index (χ2n) is 4.07. The Hall–Kier alpha value is -2.00. The SMILES string of the molecule is O=C1N=Cc2ccc3c(sc4ccccc43)c21. The van der Waals surface area contributed by atoms with Crippen molar-refractivity contribution >= 4 is 43.6 Å². The number of rotatable bonds is 0. The van der Waals surface area contributed by atoms with E-state index in [0.29, 0.717) is 0 Å². The number of carbonyl (C=O) groups is 1. The molecule has 0 saturated heterocycles. The molecule has 1 aromatic heterocycles. The third-order valence-corrected chi connectivity index (χ3v) is 4.32. The number of benzene rings is 2. The molecule has 0 bridgehead atoms. The maximum Gasteiger partial charge on any atom is 0.279 e. The molecule has 0 aliphatic carbocycles. The Balaban J connectivity index is 2.27. The molecule has 3 aromatic rings. The van der Waals surface area contributed by atoms with Crippen molar-refractivity contribution in [2.75, 3.05) is 0 Å². The average Bonchev–Trinajstić information content (AvgIpc) is 2.90. The normalized spacial score (nSPS) is 13.8. The lowest BCUT2D eigenvalue weighted by molar-refractivity contribution is 0.101. The van der Waals surface area contributed by atoms with Gasteiger partial charge in [-0.15, -0.1) is 11.3 Å². The number of amides is 1. The maximum atomic E-state index is 11.8. The summed E-state index contributed by atoms with van der Waals surface area (Å²) in [6.45, 7) is 0. The summed E-state index contributed by atoms with van der Waals surface area (Å²) in [6, 6.07) is 12.3. The van der Waals surface area contributed by atoms with Crippen LogP contribution in [0, 0.1) is 0 Å². The van der Waals surface area contributed by atoms with Gasteiger partial charge >= 0.3 is 0 Å². The molecule has 17 heavy (non-hydrogen) atoms. The molecule has 2 aromatic carbocycles. The fraction of sp³-hybridized carbons (Fsp3) is 0. The van der Waals surface area contributed by atoms with Gasteiger partial charge in [0.05, 0.1) is 5.56 Å². The zero-order valence-corrected chi connectivity index (χ0v) is 9.62. The van der Waals surface area contributed by atoms with E-state index in [1.165, 1.54) is 10.1 Å². The van der Waals surface area contributed by atoms with E-state index < -0.39 is 0 Å². The van der Waals surface area contributed by atoms with E-state index in [9.17, 15) is 4.79 Å². The molecule has 0 unspecified atom stereocenters. The van der Waals surface area contributed by atoms with Crippen molar-refractivity contribution in [3.63, 3.8) is 0 Å². The van der Waals surface area contributed by atoms with Crippen molar-refractivity contribution in [2.24, 2.45) is 4.99 Å². The summed E-state index contributed by atoms with van der Waals surface area (Å²) in [4.78, 5) is 15.6. The van der Waals surface area contributed by atoms with E-state index in [2.05, 4.69) is 23.2 Å². The Morgan fingerprint density at radius 1 is 1.00 bits per heavy atom. The summed E-state index contributed by atoms with van der Waals surface area (Å²) in [5.41, 5.74) is 1.71. The van der Waals surface area contributed by atoms with Crippen LogP contribution >= 0.6 is 11.3 Å². The summed E-state index contributed by atoms with van der Waals surface area (Å²) in [6.07, 6.45) is 1.65. The first-order chi connectivity index (χ1) is 8.34. The highest BCUT2D eigenvalue weighted by Gasteiger charge is 2.20. The quantitative estimate of drug-likeness (QED) is 0.587. The van der Waals surface area contributed by atoms with Crippen LogP contribution in [0.5, 0.6) is 0 Å². The fourth-order valence-corrected chi connectivity index (χ4v) is 3.57. The predicted octanol–water partition coefficient (Wildman–Crippen LogP) is 3.63. The Morgan fingerprint density at radius 3 is 2.82 bits per heavy atom. The van der Waals surface area contributed by atoms with Crippen LogP contribution in [0.1, 0.15) is 15.9 Å². The highest BCUT2D eigenvalue weighted by molar-refractivity contribution is 7.26. The number of nitrogens with zero attached hydrogens (tertiary/aromatic N) is 1. The first-order valence-corrected chi connectivity index (χ1v) is 6.19. The standard InChI is InChI=1S/C14H7NOS/c16-14-12-8(7-15-14)5-6-10-9-3-1-2-4-11(9)17-13(10)12/h1-7H. The lowest BCUT2D eigenvalue weighted by Gasteiger charge is -1.97. The maximum absolute atomic E-state index is 11.8. The van der Waals surface area contributed by atoms with Crippen LogP contribution in [0.15, 0.2) is 41.4 Å². The Kier molecular flexibility index (Phi) is 1.61. The lowest BCUT2D eigenvalue weighted by atomic mass is 10.1. The molecule has 1 aliphatic heterocycles. The molecule has 0 spiro atoms. The Labute approximate surface area is 101 Å². The number of fused-ring (bicyclic) bond motifs is 5. The smallest absolute Gasteiger partial charge is 0.267 e. The third-order valence-electron chi connectivity index (χ3n) is 3.11. The topological polar surface area (TPSA) is 29.4 Å². The second kappa shape index (κ2) is 3.02. The third kappa shape index (κ3) is 1.09. The molecule has 0 radical (unpaired) electrons. The van der Waals surface area contributed by atoms with E-state index in [-0.39, 0.29) is 5.91 Å². The van der Waals surface area contributed by atoms with Gasteiger partial charge in [0.25, 0.3) is 5.91 Å². The summed E-state index contributed by atoms with van der Waals surface area (Å²) < 4.78 is 2.28. The molecule has 3 heteroatoms. The van der Waals surface area contributed by atoms with Crippen molar-refractivity contribution in [1.29, 1.82) is 0 Å². The van der Waals surface area contributed by atoms with Crippen LogP contribution in [0.25, 0.3) is 20.2 Å². The molecular formula is C14H7NOS. The fourth-order valence-electron chi connectivity index (χ4n) is 2.33. The van der Waals surface area contributed by atoms with Crippen molar-refractivity contribution in [1.82, 2.24) is 0 Å². The van der Waals surface area contributed by atoms with Gasteiger partial charge in [-0.3, -0.25) is 4.79 Å². The molecular weight excluding hydrogens is 230 g/mol. The summed E-state index contributed by atoms with van der Waals surface area (Å²) >= 11 is 1.67. The van der Waals surface area contributed by atoms with E-state index in [1.54, 1.807) is 17.6 Å². The predicted molar refractivity (Wildman–Crippen MR) is 71.3 cm³/mol. The largest absolute Gasteiger partial charge is 0.279 e. The summed E-state index contributed by atoms with van der Waals surface area (Å²) in [5.74, 6) is -0.114. The van der Waals surface area contributed by atoms with Crippen molar-refractivity contribution in [3.8, 4) is 0 Å². The molecule has 80 valence electrons. The van der Waals surface area contributed by atoms with Crippen molar-refractivity contribution in [3.05, 3.63) is 47.5 Å². The molecule has 2 nitrogen and oxygen atoms in total. The number of aliphatic imine (C=N–C) groups is 1. The number of carbonyl (C=O) groups excluding carboxylic acids is 1. The molecule has 0 saturated carbocycles. The molecule has 0 N–H and O–H groups in total. The molecule has 1 amide bonds.